The number of nitrogens with one attached hydrogen (secondary N) is 3. The minimum absolute atomic E-state index is 0.215. The summed E-state index contributed by atoms with van der Waals surface area (Å²) in [6.45, 7) is 1.84. The maximum Gasteiger partial charge on any atom is 0.276 e. The van der Waals surface area contributed by atoms with Crippen molar-refractivity contribution >= 4 is 39.1 Å². The van der Waals surface area contributed by atoms with Gasteiger partial charge in [-0.15, -0.1) is 0 Å². The van der Waals surface area contributed by atoms with Gasteiger partial charge in [-0.1, -0.05) is 0 Å². The normalized spacial score (nSPS) is 10.7. The molecule has 3 heterocycles. The minimum Gasteiger partial charge on any atom is -0.318 e. The Labute approximate surface area is 150 Å². The van der Waals surface area contributed by atoms with Crippen LogP contribution in [0, 0.1) is 6.92 Å². The number of H-pyrrole nitrogens is 1. The van der Waals surface area contributed by atoms with Gasteiger partial charge >= 0.3 is 0 Å². The zero-order valence-electron chi connectivity index (χ0n) is 13.7. The molecule has 0 saturated carbocycles. The lowest BCUT2D eigenvalue weighted by atomic mass is 10.3. The first-order valence-corrected chi connectivity index (χ1v) is 8.00. The number of rotatable bonds is 4. The number of hydrogen-bond donors (Lipinski definition) is 3. The molecule has 10 nitrogen and oxygen atoms in total. The zero-order valence-corrected chi connectivity index (χ0v) is 15.2. The predicted octanol–water partition coefficient (Wildman–Crippen LogP) is 1.45. The first-order chi connectivity index (χ1) is 11.9. The average Bonchev–Trinajstić information content (AvgIpc) is 3.23. The summed E-state index contributed by atoms with van der Waals surface area (Å²) in [4.78, 5) is 24.9. The minimum atomic E-state index is -0.441. The van der Waals surface area contributed by atoms with Crippen LogP contribution in [-0.2, 0) is 14.1 Å². The van der Waals surface area contributed by atoms with Crippen molar-refractivity contribution in [1.29, 1.82) is 0 Å². The number of nitrogens with zero attached hydrogens (tertiary/aromatic N) is 5. The largest absolute Gasteiger partial charge is 0.318 e. The molecule has 0 spiro atoms. The smallest absolute Gasteiger partial charge is 0.276 e. The molecule has 0 bridgehead atoms. The summed E-state index contributed by atoms with van der Waals surface area (Å²) < 4.78 is 3.56. The summed E-state index contributed by atoms with van der Waals surface area (Å²) in [7, 11) is 3.40. The number of carbonyl (C=O) groups is 2. The van der Waals surface area contributed by atoms with Crippen molar-refractivity contribution < 1.29 is 9.59 Å². The SMILES string of the molecule is Cc1c(NC(=O)c2c(NC(=O)c3[nH]ncc3Br)cnn2C)cnn1C. The molecular formula is C14H15BrN8O2. The summed E-state index contributed by atoms with van der Waals surface area (Å²) >= 11 is 3.22. The molecule has 0 saturated heterocycles. The Balaban J connectivity index is 1.84. The lowest BCUT2D eigenvalue weighted by Crippen LogP contribution is -2.20. The van der Waals surface area contributed by atoms with Crippen LogP contribution in [0.2, 0.25) is 0 Å². The van der Waals surface area contributed by atoms with E-state index in [1.807, 2.05) is 6.92 Å². The second kappa shape index (κ2) is 6.51. The molecule has 0 radical (unpaired) electrons. The van der Waals surface area contributed by atoms with Crippen molar-refractivity contribution in [2.24, 2.45) is 14.1 Å². The van der Waals surface area contributed by atoms with E-state index in [0.717, 1.165) is 5.69 Å². The Hall–Kier alpha value is -2.95. The van der Waals surface area contributed by atoms with E-state index in [-0.39, 0.29) is 17.1 Å². The van der Waals surface area contributed by atoms with Crippen LogP contribution < -0.4 is 10.6 Å². The summed E-state index contributed by atoms with van der Waals surface area (Å²) in [6, 6.07) is 0. The Morgan fingerprint density at radius 2 is 1.68 bits per heavy atom. The fraction of sp³-hybridized carbons (Fsp3) is 0.214. The van der Waals surface area contributed by atoms with Crippen molar-refractivity contribution in [3.63, 3.8) is 0 Å². The van der Waals surface area contributed by atoms with Crippen molar-refractivity contribution in [1.82, 2.24) is 29.8 Å². The molecular weight excluding hydrogens is 392 g/mol. The van der Waals surface area contributed by atoms with Gasteiger partial charge in [0.15, 0.2) is 0 Å². The summed E-state index contributed by atoms with van der Waals surface area (Å²) in [6.07, 6.45) is 4.44. The third kappa shape index (κ3) is 3.18. The summed E-state index contributed by atoms with van der Waals surface area (Å²) in [5, 5.41) is 19.9. The Kier molecular flexibility index (Phi) is 4.40. The third-order valence-electron chi connectivity index (χ3n) is 3.71. The highest BCUT2D eigenvalue weighted by atomic mass is 79.9. The maximum atomic E-state index is 12.6. The van der Waals surface area contributed by atoms with E-state index >= 15 is 0 Å². The fourth-order valence-electron chi connectivity index (χ4n) is 2.22. The molecule has 0 aliphatic carbocycles. The van der Waals surface area contributed by atoms with E-state index in [1.54, 1.807) is 25.0 Å². The number of aryl methyl sites for hydroxylation is 2. The molecule has 25 heavy (non-hydrogen) atoms. The van der Waals surface area contributed by atoms with Gasteiger partial charge in [0.2, 0.25) is 0 Å². The number of aromatic nitrogens is 6. The molecule has 3 aromatic heterocycles. The summed E-state index contributed by atoms with van der Waals surface area (Å²) in [5.74, 6) is -0.848. The number of hydrogen-bond acceptors (Lipinski definition) is 5. The quantitative estimate of drug-likeness (QED) is 0.604. The molecule has 2 amide bonds. The molecule has 0 fully saturated rings. The van der Waals surface area contributed by atoms with Crippen LogP contribution in [0.3, 0.4) is 0 Å². The second-order valence-electron chi connectivity index (χ2n) is 5.30. The highest BCUT2D eigenvalue weighted by Crippen LogP contribution is 2.20. The van der Waals surface area contributed by atoms with Crippen LogP contribution in [0.15, 0.2) is 23.1 Å². The molecule has 3 aromatic rings. The van der Waals surface area contributed by atoms with E-state index in [1.165, 1.54) is 17.1 Å². The van der Waals surface area contributed by atoms with Gasteiger partial charge in [-0.2, -0.15) is 15.3 Å². The first-order valence-electron chi connectivity index (χ1n) is 7.20. The van der Waals surface area contributed by atoms with Crippen molar-refractivity contribution in [2.45, 2.75) is 6.92 Å². The molecule has 0 atom stereocenters. The Morgan fingerprint density at radius 1 is 1.04 bits per heavy atom. The van der Waals surface area contributed by atoms with E-state index < -0.39 is 11.8 Å². The molecule has 3 rings (SSSR count). The van der Waals surface area contributed by atoms with Crippen molar-refractivity contribution in [2.75, 3.05) is 10.6 Å². The van der Waals surface area contributed by atoms with Crippen molar-refractivity contribution in [3.05, 3.63) is 40.1 Å². The van der Waals surface area contributed by atoms with E-state index in [9.17, 15) is 9.59 Å². The average molecular weight is 407 g/mol. The molecule has 0 aromatic carbocycles. The van der Waals surface area contributed by atoms with Gasteiger partial charge in [0, 0.05) is 14.1 Å². The van der Waals surface area contributed by atoms with Gasteiger partial charge < -0.3 is 10.6 Å². The Bertz CT molecular complexity index is 954. The van der Waals surface area contributed by atoms with Gasteiger partial charge in [0.25, 0.3) is 11.8 Å². The monoisotopic (exact) mass is 406 g/mol. The van der Waals surface area contributed by atoms with Crippen LogP contribution in [0.1, 0.15) is 26.7 Å². The zero-order chi connectivity index (χ0) is 18.1. The predicted molar refractivity (Wildman–Crippen MR) is 93.3 cm³/mol. The molecule has 0 aliphatic rings. The molecule has 130 valence electrons. The number of anilines is 2. The molecule has 0 aliphatic heterocycles. The van der Waals surface area contributed by atoms with Crippen LogP contribution in [0.25, 0.3) is 0 Å². The first kappa shape index (κ1) is 16.9. The topological polar surface area (TPSA) is 123 Å². The van der Waals surface area contributed by atoms with E-state index in [4.69, 9.17) is 0 Å². The highest BCUT2D eigenvalue weighted by Gasteiger charge is 2.21. The van der Waals surface area contributed by atoms with Crippen LogP contribution in [-0.4, -0.2) is 41.6 Å². The highest BCUT2D eigenvalue weighted by molar-refractivity contribution is 9.10. The number of aromatic amines is 1. The van der Waals surface area contributed by atoms with Crippen LogP contribution in [0.5, 0.6) is 0 Å². The fourth-order valence-corrected chi connectivity index (χ4v) is 2.59. The number of carbonyl (C=O) groups excluding carboxylic acids is 2. The van der Waals surface area contributed by atoms with E-state index in [0.29, 0.717) is 10.2 Å². The third-order valence-corrected chi connectivity index (χ3v) is 4.31. The van der Waals surface area contributed by atoms with Gasteiger partial charge in [0.1, 0.15) is 11.4 Å². The molecule has 0 unspecified atom stereocenters. The van der Waals surface area contributed by atoms with Crippen LogP contribution in [0.4, 0.5) is 11.4 Å². The van der Waals surface area contributed by atoms with Crippen LogP contribution >= 0.6 is 15.9 Å². The van der Waals surface area contributed by atoms with Gasteiger partial charge in [-0.3, -0.25) is 24.1 Å². The van der Waals surface area contributed by atoms with Gasteiger partial charge in [-0.25, -0.2) is 0 Å². The second-order valence-corrected chi connectivity index (χ2v) is 6.15. The maximum absolute atomic E-state index is 12.6. The lowest BCUT2D eigenvalue weighted by Gasteiger charge is -2.08. The van der Waals surface area contributed by atoms with Crippen molar-refractivity contribution in [3.8, 4) is 0 Å². The molecule has 3 N–H and O–H groups in total. The summed E-state index contributed by atoms with van der Waals surface area (Å²) in [5.41, 5.74) is 2.14. The Morgan fingerprint density at radius 3 is 2.28 bits per heavy atom. The van der Waals surface area contributed by atoms with Gasteiger partial charge in [-0.05, 0) is 22.9 Å². The van der Waals surface area contributed by atoms with Gasteiger partial charge in [0.05, 0.1) is 40.1 Å². The van der Waals surface area contributed by atoms with E-state index in [2.05, 4.69) is 47.0 Å². The number of halogens is 1. The lowest BCUT2D eigenvalue weighted by molar-refractivity contribution is 0.101. The number of amides is 2. The molecule has 11 heteroatoms. The standard InChI is InChI=1S/C14H15BrN8O2/c1-7-9(5-17-22(7)2)19-14(25)12-10(6-18-23(12)3)20-13(24)11-8(15)4-16-21-11/h4-6H,1-3H3,(H,16,21)(H,19,25)(H,20,24).